The highest BCUT2D eigenvalue weighted by atomic mass is 16.5. The minimum absolute atomic E-state index is 0.327. The maximum Gasteiger partial charge on any atom is 0.224 e. The predicted molar refractivity (Wildman–Crippen MR) is 84.8 cm³/mol. The number of aryl methyl sites for hydroxylation is 2. The van der Waals surface area contributed by atoms with E-state index in [9.17, 15) is 4.79 Å². The summed E-state index contributed by atoms with van der Waals surface area (Å²) in [5.74, 6) is 0.936. The van der Waals surface area contributed by atoms with Crippen LogP contribution in [0.4, 0.5) is 0 Å². The molecule has 2 N–H and O–H groups in total. The molecule has 0 heterocycles. The van der Waals surface area contributed by atoms with Gasteiger partial charge in [-0.05, 0) is 62.1 Å². The van der Waals surface area contributed by atoms with Crippen molar-refractivity contribution in [3.63, 3.8) is 0 Å². The van der Waals surface area contributed by atoms with E-state index in [2.05, 4.69) is 6.07 Å². The third kappa shape index (κ3) is 3.24. The van der Waals surface area contributed by atoms with Crippen LogP contribution in [0.1, 0.15) is 35.1 Å². The van der Waals surface area contributed by atoms with Crippen LogP contribution in [0, 0.1) is 20.8 Å². The molecule has 0 aliphatic heterocycles. The third-order valence-electron chi connectivity index (χ3n) is 3.78. The predicted octanol–water partition coefficient (Wildman–Crippen LogP) is 3.99. The Labute approximate surface area is 125 Å². The van der Waals surface area contributed by atoms with Gasteiger partial charge < -0.3 is 10.5 Å². The molecule has 1 unspecified atom stereocenters. The van der Waals surface area contributed by atoms with Gasteiger partial charge >= 0.3 is 0 Å². The van der Waals surface area contributed by atoms with Crippen LogP contribution in [0.5, 0.6) is 11.5 Å². The van der Waals surface area contributed by atoms with Crippen molar-refractivity contribution >= 4 is 5.91 Å². The van der Waals surface area contributed by atoms with Gasteiger partial charge in [0.1, 0.15) is 11.5 Å². The molecular formula is C18H21NO2. The fourth-order valence-electron chi connectivity index (χ4n) is 2.30. The van der Waals surface area contributed by atoms with Crippen LogP contribution in [0.3, 0.4) is 0 Å². The molecular weight excluding hydrogens is 262 g/mol. The normalized spacial score (nSPS) is 12.0. The fourth-order valence-corrected chi connectivity index (χ4v) is 2.30. The summed E-state index contributed by atoms with van der Waals surface area (Å²) in [5.41, 5.74) is 9.49. The summed E-state index contributed by atoms with van der Waals surface area (Å²) in [5, 5.41) is 0. The van der Waals surface area contributed by atoms with Crippen molar-refractivity contribution in [3.8, 4) is 11.5 Å². The van der Waals surface area contributed by atoms with Gasteiger partial charge in [-0.3, -0.25) is 4.79 Å². The second-order valence-electron chi connectivity index (χ2n) is 5.47. The van der Waals surface area contributed by atoms with E-state index < -0.39 is 0 Å². The Morgan fingerprint density at radius 1 is 1.10 bits per heavy atom. The maximum absolute atomic E-state index is 11.4. The molecule has 0 aliphatic carbocycles. The Kier molecular flexibility index (Phi) is 4.32. The molecule has 0 spiro atoms. The molecule has 1 amide bonds. The molecule has 0 aromatic heterocycles. The van der Waals surface area contributed by atoms with Crippen molar-refractivity contribution in [2.24, 2.45) is 5.73 Å². The van der Waals surface area contributed by atoms with E-state index in [1.54, 1.807) is 0 Å². The monoisotopic (exact) mass is 283 g/mol. The zero-order chi connectivity index (χ0) is 15.6. The molecule has 0 aliphatic rings. The number of rotatable bonds is 4. The van der Waals surface area contributed by atoms with Crippen molar-refractivity contribution in [1.29, 1.82) is 0 Å². The van der Waals surface area contributed by atoms with Crippen LogP contribution < -0.4 is 10.5 Å². The minimum atomic E-state index is -0.331. The van der Waals surface area contributed by atoms with Gasteiger partial charge in [-0.2, -0.15) is 0 Å². The Bertz CT molecular complexity index is 677. The van der Waals surface area contributed by atoms with Gasteiger partial charge in [-0.1, -0.05) is 24.3 Å². The number of amides is 1. The van der Waals surface area contributed by atoms with E-state index >= 15 is 0 Å². The lowest BCUT2D eigenvalue weighted by molar-refractivity contribution is -0.119. The Morgan fingerprint density at radius 3 is 2.48 bits per heavy atom. The molecule has 0 saturated heterocycles. The highest BCUT2D eigenvalue weighted by Crippen LogP contribution is 2.32. The van der Waals surface area contributed by atoms with Crippen molar-refractivity contribution in [2.45, 2.75) is 33.6 Å². The average Bonchev–Trinajstić information content (AvgIpc) is 2.44. The van der Waals surface area contributed by atoms with Gasteiger partial charge in [0.15, 0.2) is 0 Å². The van der Waals surface area contributed by atoms with Crippen molar-refractivity contribution < 1.29 is 9.53 Å². The van der Waals surface area contributed by atoms with Crippen molar-refractivity contribution in [1.82, 2.24) is 0 Å². The van der Waals surface area contributed by atoms with Gasteiger partial charge in [-0.25, -0.2) is 0 Å². The third-order valence-corrected chi connectivity index (χ3v) is 3.78. The molecule has 2 aromatic carbocycles. The van der Waals surface area contributed by atoms with Gasteiger partial charge in [0.25, 0.3) is 0 Å². The average molecular weight is 283 g/mol. The lowest BCUT2D eigenvalue weighted by Gasteiger charge is -2.16. The Balaban J connectivity index is 2.39. The number of primary amides is 1. The summed E-state index contributed by atoms with van der Waals surface area (Å²) < 4.78 is 6.04. The first-order valence-electron chi connectivity index (χ1n) is 7.04. The first-order chi connectivity index (χ1) is 9.90. The Morgan fingerprint density at radius 2 is 1.81 bits per heavy atom. The highest BCUT2D eigenvalue weighted by Gasteiger charge is 2.16. The second-order valence-corrected chi connectivity index (χ2v) is 5.47. The number of carbonyl (C=O) groups excluding carboxylic acids is 1. The molecule has 21 heavy (non-hydrogen) atoms. The molecule has 0 saturated carbocycles. The lowest BCUT2D eigenvalue weighted by atomic mass is 9.95. The van der Waals surface area contributed by atoms with Crippen LogP contribution in [-0.4, -0.2) is 5.91 Å². The van der Waals surface area contributed by atoms with Gasteiger partial charge in [0, 0.05) is 0 Å². The Hall–Kier alpha value is -2.29. The van der Waals surface area contributed by atoms with Gasteiger partial charge in [-0.15, -0.1) is 0 Å². The number of benzene rings is 2. The van der Waals surface area contributed by atoms with E-state index in [0.717, 1.165) is 33.8 Å². The van der Waals surface area contributed by atoms with Crippen LogP contribution >= 0.6 is 0 Å². The molecule has 110 valence electrons. The lowest BCUT2D eigenvalue weighted by Crippen LogP contribution is -2.19. The quantitative estimate of drug-likeness (QED) is 0.922. The van der Waals surface area contributed by atoms with E-state index in [-0.39, 0.29) is 11.8 Å². The summed E-state index contributed by atoms with van der Waals surface area (Å²) in [6, 6.07) is 11.8. The standard InChI is InChI=1S/C18H21NO2/c1-11-8-9-12(2)17(10-11)21-16-7-5-6-15(13(16)3)14(4)18(19)20/h5-10,14H,1-4H3,(H2,19,20). The maximum atomic E-state index is 11.4. The fraction of sp³-hybridized carbons (Fsp3) is 0.278. The SMILES string of the molecule is Cc1ccc(C)c(Oc2cccc(C(C)C(N)=O)c2C)c1. The molecule has 2 aromatic rings. The summed E-state index contributed by atoms with van der Waals surface area (Å²) in [6.45, 7) is 7.81. The summed E-state index contributed by atoms with van der Waals surface area (Å²) >= 11 is 0. The molecule has 1 atom stereocenters. The largest absolute Gasteiger partial charge is 0.457 e. The van der Waals surface area contributed by atoms with Crippen molar-refractivity contribution in [3.05, 3.63) is 58.7 Å². The van der Waals surface area contributed by atoms with E-state index in [1.807, 2.05) is 58.0 Å². The summed E-state index contributed by atoms with van der Waals surface area (Å²) in [7, 11) is 0. The van der Waals surface area contributed by atoms with Crippen LogP contribution in [-0.2, 0) is 4.79 Å². The first kappa shape index (κ1) is 15.1. The van der Waals surface area contributed by atoms with E-state index in [0.29, 0.717) is 0 Å². The smallest absolute Gasteiger partial charge is 0.224 e. The zero-order valence-corrected chi connectivity index (χ0v) is 12.9. The van der Waals surface area contributed by atoms with E-state index in [1.165, 1.54) is 0 Å². The minimum Gasteiger partial charge on any atom is -0.457 e. The van der Waals surface area contributed by atoms with E-state index in [4.69, 9.17) is 10.5 Å². The first-order valence-corrected chi connectivity index (χ1v) is 7.04. The number of ether oxygens (including phenoxy) is 1. The molecule has 0 bridgehead atoms. The van der Waals surface area contributed by atoms with Crippen molar-refractivity contribution in [2.75, 3.05) is 0 Å². The molecule has 3 heteroatoms. The van der Waals surface area contributed by atoms with Gasteiger partial charge in [0.2, 0.25) is 5.91 Å². The zero-order valence-electron chi connectivity index (χ0n) is 12.9. The topological polar surface area (TPSA) is 52.3 Å². The molecule has 3 nitrogen and oxygen atoms in total. The molecule has 0 radical (unpaired) electrons. The number of nitrogens with two attached hydrogens (primary N) is 1. The summed E-state index contributed by atoms with van der Waals surface area (Å²) in [6.07, 6.45) is 0. The number of carbonyl (C=O) groups is 1. The van der Waals surface area contributed by atoms with Gasteiger partial charge in [0.05, 0.1) is 5.92 Å². The van der Waals surface area contributed by atoms with Crippen LogP contribution in [0.25, 0.3) is 0 Å². The number of hydrogen-bond donors (Lipinski definition) is 1. The van der Waals surface area contributed by atoms with Crippen LogP contribution in [0.2, 0.25) is 0 Å². The molecule has 2 rings (SSSR count). The van der Waals surface area contributed by atoms with Crippen LogP contribution in [0.15, 0.2) is 36.4 Å². The number of hydrogen-bond acceptors (Lipinski definition) is 2. The second kappa shape index (κ2) is 6.00. The summed E-state index contributed by atoms with van der Waals surface area (Å²) in [4.78, 5) is 11.4. The highest BCUT2D eigenvalue weighted by molar-refractivity contribution is 5.82. The molecule has 0 fully saturated rings.